The highest BCUT2D eigenvalue weighted by Crippen LogP contribution is 2.31. The van der Waals surface area contributed by atoms with Gasteiger partial charge in [-0.15, -0.1) is 11.3 Å². The molecule has 0 aliphatic carbocycles. The Kier molecular flexibility index (Phi) is 3.91. The first kappa shape index (κ1) is 15.4. The fourth-order valence-corrected chi connectivity index (χ4v) is 3.41. The van der Waals surface area contributed by atoms with Gasteiger partial charge in [0.05, 0.1) is 0 Å². The van der Waals surface area contributed by atoms with E-state index >= 15 is 0 Å². The number of benzene rings is 2. The molecule has 0 bridgehead atoms. The second kappa shape index (κ2) is 6.37. The van der Waals surface area contributed by atoms with Crippen LogP contribution in [0.2, 0.25) is 0 Å². The van der Waals surface area contributed by atoms with Crippen LogP contribution in [0.15, 0.2) is 81.3 Å². The van der Waals surface area contributed by atoms with Gasteiger partial charge in [0.15, 0.2) is 0 Å². The normalized spacial score (nSPS) is 10.7. The van der Waals surface area contributed by atoms with Crippen molar-refractivity contribution >= 4 is 33.9 Å². The molecule has 122 valence electrons. The maximum Gasteiger partial charge on any atom is 0.349 e. The van der Waals surface area contributed by atoms with E-state index in [0.717, 1.165) is 10.4 Å². The largest absolute Gasteiger partial charge is 0.422 e. The van der Waals surface area contributed by atoms with Gasteiger partial charge in [-0.2, -0.15) is 0 Å². The standard InChI is InChI=1S/C20H13NO3S/c22-19(15-12-13-6-1-4-9-17(13)24-20(15)23)21-16-8-3-2-7-14(16)18-10-5-11-25-18/h1-12H,(H,21,22). The SMILES string of the molecule is O=C(Nc1ccccc1-c1cccs1)c1cc2ccccc2oc1=O. The lowest BCUT2D eigenvalue weighted by atomic mass is 10.1. The van der Waals surface area contributed by atoms with E-state index in [1.165, 1.54) is 0 Å². The molecule has 2 heterocycles. The number of fused-ring (bicyclic) bond motifs is 1. The molecule has 0 atom stereocenters. The number of rotatable bonds is 3. The predicted molar refractivity (Wildman–Crippen MR) is 100 cm³/mol. The molecule has 0 aliphatic rings. The smallest absolute Gasteiger partial charge is 0.349 e. The molecule has 0 spiro atoms. The van der Waals surface area contributed by atoms with Crippen molar-refractivity contribution in [3.05, 3.63) is 88.1 Å². The van der Waals surface area contributed by atoms with Gasteiger partial charge in [-0.3, -0.25) is 4.79 Å². The Morgan fingerprint density at radius 1 is 0.960 bits per heavy atom. The summed E-state index contributed by atoms with van der Waals surface area (Å²) in [6, 6.07) is 20.1. The van der Waals surface area contributed by atoms with E-state index in [0.29, 0.717) is 16.7 Å². The third kappa shape index (κ3) is 2.97. The van der Waals surface area contributed by atoms with Crippen LogP contribution < -0.4 is 10.9 Å². The molecule has 4 rings (SSSR count). The van der Waals surface area contributed by atoms with E-state index in [1.807, 2.05) is 47.8 Å². The molecule has 0 radical (unpaired) electrons. The van der Waals surface area contributed by atoms with Crippen molar-refractivity contribution < 1.29 is 9.21 Å². The first-order valence-corrected chi connectivity index (χ1v) is 8.57. The van der Waals surface area contributed by atoms with Crippen LogP contribution >= 0.6 is 11.3 Å². The van der Waals surface area contributed by atoms with Crippen molar-refractivity contribution in [1.29, 1.82) is 0 Å². The Hall–Kier alpha value is -3.18. The number of amides is 1. The molecule has 0 aliphatic heterocycles. The van der Waals surface area contributed by atoms with Gasteiger partial charge in [0.2, 0.25) is 0 Å². The van der Waals surface area contributed by atoms with Gasteiger partial charge in [0.25, 0.3) is 5.91 Å². The number of para-hydroxylation sites is 2. The van der Waals surface area contributed by atoms with Gasteiger partial charge in [0.1, 0.15) is 11.1 Å². The van der Waals surface area contributed by atoms with Crippen LogP contribution in [-0.4, -0.2) is 5.91 Å². The Morgan fingerprint density at radius 2 is 1.76 bits per heavy atom. The molecule has 4 aromatic rings. The molecule has 0 unspecified atom stereocenters. The highest BCUT2D eigenvalue weighted by Gasteiger charge is 2.15. The van der Waals surface area contributed by atoms with Crippen LogP contribution in [0.4, 0.5) is 5.69 Å². The van der Waals surface area contributed by atoms with Crippen molar-refractivity contribution in [3.63, 3.8) is 0 Å². The zero-order valence-corrected chi connectivity index (χ0v) is 13.9. The number of thiophene rings is 1. The first-order chi connectivity index (χ1) is 12.2. The van der Waals surface area contributed by atoms with E-state index in [9.17, 15) is 9.59 Å². The van der Waals surface area contributed by atoms with Gasteiger partial charge in [-0.05, 0) is 29.6 Å². The molecule has 2 aromatic carbocycles. The first-order valence-electron chi connectivity index (χ1n) is 7.69. The van der Waals surface area contributed by atoms with Crippen molar-refractivity contribution in [3.8, 4) is 10.4 Å². The number of hydrogen-bond donors (Lipinski definition) is 1. The fraction of sp³-hybridized carbons (Fsp3) is 0. The minimum absolute atomic E-state index is 0.0142. The van der Waals surface area contributed by atoms with Crippen molar-refractivity contribution in [2.24, 2.45) is 0 Å². The quantitative estimate of drug-likeness (QED) is 0.543. The molecule has 1 N–H and O–H groups in total. The van der Waals surface area contributed by atoms with Crippen molar-refractivity contribution in [2.75, 3.05) is 5.32 Å². The van der Waals surface area contributed by atoms with Gasteiger partial charge in [0, 0.05) is 21.5 Å². The lowest BCUT2D eigenvalue weighted by Crippen LogP contribution is -2.20. The number of hydrogen-bond acceptors (Lipinski definition) is 4. The van der Waals surface area contributed by atoms with Gasteiger partial charge >= 0.3 is 5.63 Å². The summed E-state index contributed by atoms with van der Waals surface area (Å²) in [5.74, 6) is -0.483. The summed E-state index contributed by atoms with van der Waals surface area (Å²) >= 11 is 1.59. The third-order valence-electron chi connectivity index (χ3n) is 3.85. The third-order valence-corrected chi connectivity index (χ3v) is 4.75. The fourth-order valence-electron chi connectivity index (χ4n) is 2.65. The summed E-state index contributed by atoms with van der Waals surface area (Å²) < 4.78 is 5.24. The molecule has 0 saturated carbocycles. The summed E-state index contributed by atoms with van der Waals surface area (Å²) in [5.41, 5.74) is 1.37. The Balaban J connectivity index is 1.72. The number of carbonyl (C=O) groups excluding carboxylic acids is 1. The average molecular weight is 347 g/mol. The zero-order chi connectivity index (χ0) is 17.2. The lowest BCUT2D eigenvalue weighted by Gasteiger charge is -2.09. The summed E-state index contributed by atoms with van der Waals surface area (Å²) in [4.78, 5) is 25.8. The maximum atomic E-state index is 12.6. The summed E-state index contributed by atoms with van der Waals surface area (Å²) in [6.07, 6.45) is 0. The summed E-state index contributed by atoms with van der Waals surface area (Å²) in [5, 5.41) is 5.51. The highest BCUT2D eigenvalue weighted by atomic mass is 32.1. The lowest BCUT2D eigenvalue weighted by molar-refractivity contribution is 0.102. The molecule has 25 heavy (non-hydrogen) atoms. The second-order valence-electron chi connectivity index (χ2n) is 5.46. The Bertz CT molecular complexity index is 1110. The molecule has 1 amide bonds. The summed E-state index contributed by atoms with van der Waals surface area (Å²) in [7, 11) is 0. The Morgan fingerprint density at radius 3 is 2.60 bits per heavy atom. The number of anilines is 1. The zero-order valence-electron chi connectivity index (χ0n) is 13.1. The molecule has 0 saturated heterocycles. The van der Waals surface area contributed by atoms with Crippen LogP contribution in [0.3, 0.4) is 0 Å². The van der Waals surface area contributed by atoms with E-state index in [2.05, 4.69) is 5.32 Å². The molecule has 0 fully saturated rings. The molecule has 2 aromatic heterocycles. The van der Waals surface area contributed by atoms with Gasteiger partial charge < -0.3 is 9.73 Å². The van der Waals surface area contributed by atoms with Gasteiger partial charge in [-0.1, -0.05) is 42.5 Å². The van der Waals surface area contributed by atoms with Crippen LogP contribution in [0.25, 0.3) is 21.4 Å². The van der Waals surface area contributed by atoms with Crippen LogP contribution in [0.5, 0.6) is 0 Å². The van der Waals surface area contributed by atoms with Crippen LogP contribution in [-0.2, 0) is 0 Å². The minimum atomic E-state index is -0.648. The minimum Gasteiger partial charge on any atom is -0.422 e. The molecular formula is C20H13NO3S. The topological polar surface area (TPSA) is 59.3 Å². The van der Waals surface area contributed by atoms with Crippen LogP contribution in [0, 0.1) is 0 Å². The molecule has 5 heteroatoms. The Labute approximate surface area is 147 Å². The maximum absolute atomic E-state index is 12.6. The average Bonchev–Trinajstić information content (AvgIpc) is 3.16. The van der Waals surface area contributed by atoms with Gasteiger partial charge in [-0.25, -0.2) is 4.79 Å². The molecular weight excluding hydrogens is 334 g/mol. The van der Waals surface area contributed by atoms with E-state index < -0.39 is 11.5 Å². The summed E-state index contributed by atoms with van der Waals surface area (Å²) in [6.45, 7) is 0. The van der Waals surface area contributed by atoms with E-state index in [4.69, 9.17) is 4.42 Å². The van der Waals surface area contributed by atoms with Crippen molar-refractivity contribution in [1.82, 2.24) is 0 Å². The number of carbonyl (C=O) groups is 1. The van der Waals surface area contributed by atoms with E-state index in [1.54, 1.807) is 35.6 Å². The van der Waals surface area contributed by atoms with E-state index in [-0.39, 0.29) is 5.56 Å². The predicted octanol–water partition coefficient (Wildman–Crippen LogP) is 4.77. The molecule has 4 nitrogen and oxygen atoms in total. The number of nitrogens with one attached hydrogen (secondary N) is 1. The highest BCUT2D eigenvalue weighted by molar-refractivity contribution is 7.13. The second-order valence-corrected chi connectivity index (χ2v) is 6.41. The van der Waals surface area contributed by atoms with Crippen LogP contribution in [0.1, 0.15) is 10.4 Å². The van der Waals surface area contributed by atoms with Crippen molar-refractivity contribution in [2.45, 2.75) is 0 Å². The monoisotopic (exact) mass is 347 g/mol.